The van der Waals surface area contributed by atoms with Gasteiger partial charge in [-0.15, -0.1) is 0 Å². The molecule has 0 radical (unpaired) electrons. The minimum absolute atomic E-state index is 0.195. The van der Waals surface area contributed by atoms with Crippen molar-refractivity contribution < 1.29 is 12.9 Å². The van der Waals surface area contributed by atoms with E-state index in [1.807, 2.05) is 26.0 Å². The fourth-order valence-corrected chi connectivity index (χ4v) is 3.32. The van der Waals surface area contributed by atoms with Crippen LogP contribution in [0.5, 0.6) is 0 Å². The predicted octanol–water partition coefficient (Wildman–Crippen LogP) is 3.76. The number of hydrogen-bond donors (Lipinski definition) is 1. The van der Waals surface area contributed by atoms with Crippen LogP contribution in [0, 0.1) is 13.8 Å². The van der Waals surface area contributed by atoms with Gasteiger partial charge in [0.25, 0.3) is 10.0 Å². The summed E-state index contributed by atoms with van der Waals surface area (Å²) >= 11 is 0. The molecular weight excluding hydrogens is 312 g/mol. The maximum absolute atomic E-state index is 12.5. The van der Waals surface area contributed by atoms with Crippen molar-refractivity contribution in [2.45, 2.75) is 18.7 Å². The van der Waals surface area contributed by atoms with Gasteiger partial charge in [-0.25, -0.2) is 8.42 Å². The van der Waals surface area contributed by atoms with E-state index in [-0.39, 0.29) is 4.90 Å². The summed E-state index contributed by atoms with van der Waals surface area (Å²) in [6, 6.07) is 15.5. The van der Waals surface area contributed by atoms with Crippen molar-refractivity contribution in [3.63, 3.8) is 0 Å². The fourth-order valence-electron chi connectivity index (χ4n) is 2.19. The Morgan fingerprint density at radius 1 is 1.00 bits per heavy atom. The third-order valence-electron chi connectivity index (χ3n) is 3.47. The molecule has 0 spiro atoms. The molecule has 0 saturated heterocycles. The van der Waals surface area contributed by atoms with Crippen molar-refractivity contribution in [2.24, 2.45) is 0 Å². The van der Waals surface area contributed by atoms with Gasteiger partial charge < -0.3 is 4.52 Å². The Kier molecular flexibility index (Phi) is 3.92. The van der Waals surface area contributed by atoms with E-state index in [1.165, 1.54) is 0 Å². The molecule has 3 aromatic rings. The zero-order valence-corrected chi connectivity index (χ0v) is 13.6. The van der Waals surface area contributed by atoms with Crippen LogP contribution in [0.15, 0.2) is 64.0 Å². The van der Waals surface area contributed by atoms with Crippen LogP contribution in [0.3, 0.4) is 0 Å². The van der Waals surface area contributed by atoms with Crippen molar-refractivity contribution in [2.75, 3.05) is 4.72 Å². The van der Waals surface area contributed by atoms with Crippen LogP contribution in [0.25, 0.3) is 11.3 Å². The maximum Gasteiger partial charge on any atom is 0.261 e. The van der Waals surface area contributed by atoms with Crippen molar-refractivity contribution in [1.29, 1.82) is 0 Å². The lowest BCUT2D eigenvalue weighted by atomic mass is 10.2. The summed E-state index contributed by atoms with van der Waals surface area (Å²) in [4.78, 5) is 0.195. The molecule has 0 bridgehead atoms. The Morgan fingerprint density at radius 3 is 2.30 bits per heavy atom. The van der Waals surface area contributed by atoms with Gasteiger partial charge in [0.05, 0.1) is 16.3 Å². The smallest absolute Gasteiger partial charge is 0.261 e. The highest BCUT2D eigenvalue weighted by Gasteiger charge is 2.15. The third-order valence-corrected chi connectivity index (χ3v) is 4.85. The number of benzene rings is 2. The summed E-state index contributed by atoms with van der Waals surface area (Å²) < 4.78 is 32.7. The van der Waals surface area contributed by atoms with E-state index in [0.29, 0.717) is 11.4 Å². The second-order valence-corrected chi connectivity index (χ2v) is 6.96. The molecule has 5 nitrogen and oxygen atoms in total. The molecule has 0 saturated carbocycles. The molecule has 1 N–H and O–H groups in total. The quantitative estimate of drug-likeness (QED) is 0.791. The van der Waals surface area contributed by atoms with Crippen molar-refractivity contribution in [3.8, 4) is 11.3 Å². The molecule has 0 aliphatic carbocycles. The molecule has 23 heavy (non-hydrogen) atoms. The van der Waals surface area contributed by atoms with Gasteiger partial charge in [0, 0.05) is 11.6 Å². The highest BCUT2D eigenvalue weighted by Crippen LogP contribution is 2.24. The van der Waals surface area contributed by atoms with Gasteiger partial charge in [-0.2, -0.15) is 0 Å². The van der Waals surface area contributed by atoms with Crippen molar-refractivity contribution in [1.82, 2.24) is 5.16 Å². The molecule has 1 heterocycles. The van der Waals surface area contributed by atoms with Gasteiger partial charge in [-0.1, -0.05) is 23.4 Å². The zero-order valence-electron chi connectivity index (χ0n) is 12.8. The number of aromatic nitrogens is 1. The van der Waals surface area contributed by atoms with Crippen LogP contribution in [0.2, 0.25) is 0 Å². The monoisotopic (exact) mass is 328 g/mol. The molecule has 0 aliphatic rings. The Balaban J connectivity index is 1.87. The molecule has 6 heteroatoms. The van der Waals surface area contributed by atoms with Gasteiger partial charge in [0.2, 0.25) is 0 Å². The van der Waals surface area contributed by atoms with Crippen molar-refractivity contribution in [3.05, 3.63) is 65.9 Å². The molecule has 0 amide bonds. The highest BCUT2D eigenvalue weighted by atomic mass is 32.2. The zero-order chi connectivity index (χ0) is 16.4. The van der Waals surface area contributed by atoms with Gasteiger partial charge >= 0.3 is 0 Å². The van der Waals surface area contributed by atoms with E-state index in [0.717, 1.165) is 16.8 Å². The summed E-state index contributed by atoms with van der Waals surface area (Å²) in [5.41, 5.74) is 2.99. The second-order valence-electron chi connectivity index (χ2n) is 5.28. The van der Waals surface area contributed by atoms with Crippen LogP contribution in [-0.4, -0.2) is 13.6 Å². The second kappa shape index (κ2) is 5.89. The van der Waals surface area contributed by atoms with Crippen LogP contribution in [0.1, 0.15) is 11.3 Å². The lowest BCUT2D eigenvalue weighted by molar-refractivity contribution is 0.427. The molecule has 3 rings (SSSR count). The largest absolute Gasteiger partial charge is 0.356 e. The SMILES string of the molecule is Cc1cc(-c2ccc(S(=O)(=O)Nc3ccccc3C)cc2)on1. The number of nitrogens with zero attached hydrogens (tertiary/aromatic N) is 1. The standard InChI is InChI=1S/C17H16N2O3S/c1-12-5-3-4-6-16(12)19-23(20,21)15-9-7-14(8-10-15)17-11-13(2)18-22-17/h3-11,19H,1-2H3. The average molecular weight is 328 g/mol. The molecule has 0 unspecified atom stereocenters. The summed E-state index contributed by atoms with van der Waals surface area (Å²) in [7, 11) is -3.63. The number of nitrogens with one attached hydrogen (secondary N) is 1. The predicted molar refractivity (Wildman–Crippen MR) is 88.7 cm³/mol. The van der Waals surface area contributed by atoms with Crippen molar-refractivity contribution >= 4 is 15.7 Å². The molecule has 0 fully saturated rings. The molecule has 1 aromatic heterocycles. The lowest BCUT2D eigenvalue weighted by Crippen LogP contribution is -2.13. The number of anilines is 1. The first-order valence-electron chi connectivity index (χ1n) is 7.08. The normalized spacial score (nSPS) is 11.4. The molecule has 0 atom stereocenters. The lowest BCUT2D eigenvalue weighted by Gasteiger charge is -2.10. The van der Waals surface area contributed by atoms with E-state index in [2.05, 4.69) is 9.88 Å². The van der Waals surface area contributed by atoms with Gasteiger partial charge in [0.15, 0.2) is 5.76 Å². The van der Waals surface area contributed by atoms with E-state index in [4.69, 9.17) is 4.52 Å². The highest BCUT2D eigenvalue weighted by molar-refractivity contribution is 7.92. The molecule has 118 valence electrons. The minimum Gasteiger partial charge on any atom is -0.356 e. The van der Waals surface area contributed by atoms with Crippen LogP contribution < -0.4 is 4.72 Å². The van der Waals surface area contributed by atoms with Crippen LogP contribution in [-0.2, 0) is 10.0 Å². The van der Waals surface area contributed by atoms with E-state index in [1.54, 1.807) is 42.5 Å². The summed E-state index contributed by atoms with van der Waals surface area (Å²) in [5, 5.41) is 3.82. The van der Waals surface area contributed by atoms with Crippen LogP contribution in [0.4, 0.5) is 5.69 Å². The van der Waals surface area contributed by atoms with Crippen LogP contribution >= 0.6 is 0 Å². The Labute approximate surface area is 135 Å². The first-order valence-corrected chi connectivity index (χ1v) is 8.56. The molecule has 2 aromatic carbocycles. The topological polar surface area (TPSA) is 72.2 Å². The van der Waals surface area contributed by atoms with E-state index < -0.39 is 10.0 Å². The number of rotatable bonds is 4. The summed E-state index contributed by atoms with van der Waals surface area (Å²) in [6.07, 6.45) is 0. The maximum atomic E-state index is 12.5. The average Bonchev–Trinajstić information content (AvgIpc) is 2.96. The Morgan fingerprint density at radius 2 is 1.70 bits per heavy atom. The number of aryl methyl sites for hydroxylation is 2. The first kappa shape index (κ1) is 15.3. The number of hydrogen-bond acceptors (Lipinski definition) is 4. The van der Waals surface area contributed by atoms with Gasteiger partial charge in [-0.05, 0) is 49.7 Å². The summed E-state index contributed by atoms with van der Waals surface area (Å²) in [5.74, 6) is 0.610. The summed E-state index contributed by atoms with van der Waals surface area (Å²) in [6.45, 7) is 3.69. The molecular formula is C17H16N2O3S. The van der Waals surface area contributed by atoms with Gasteiger partial charge in [-0.3, -0.25) is 4.72 Å². The van der Waals surface area contributed by atoms with Gasteiger partial charge in [0.1, 0.15) is 0 Å². The fraction of sp³-hybridized carbons (Fsp3) is 0.118. The number of para-hydroxylation sites is 1. The Hall–Kier alpha value is -2.60. The van der Waals surface area contributed by atoms with E-state index >= 15 is 0 Å². The molecule has 0 aliphatic heterocycles. The number of sulfonamides is 1. The van der Waals surface area contributed by atoms with E-state index in [9.17, 15) is 8.42 Å². The minimum atomic E-state index is -3.63. The first-order chi connectivity index (χ1) is 11.0. The Bertz CT molecular complexity index is 928. The third kappa shape index (κ3) is 3.27.